The van der Waals surface area contributed by atoms with Crippen molar-refractivity contribution in [2.75, 3.05) is 18.7 Å². The maximum Gasteiger partial charge on any atom is 0.340 e. The molecule has 1 aliphatic rings. The monoisotopic (exact) mass is 407 g/mol. The fraction of sp³-hybridized carbons (Fsp3) is 0.227. The lowest BCUT2D eigenvalue weighted by atomic mass is 9.98. The van der Waals surface area contributed by atoms with E-state index in [0.717, 1.165) is 12.0 Å². The van der Waals surface area contributed by atoms with E-state index in [2.05, 4.69) is 5.32 Å². The number of nitrogens with zero attached hydrogens (tertiary/aromatic N) is 1. The molecular formula is C22H21N3O5. The number of benzene rings is 2. The Hall–Kier alpha value is -3.81. The molecule has 0 spiro atoms. The third-order valence-electron chi connectivity index (χ3n) is 4.81. The van der Waals surface area contributed by atoms with Gasteiger partial charge >= 0.3 is 12.0 Å². The number of esters is 1. The minimum atomic E-state index is -0.706. The highest BCUT2D eigenvalue weighted by Gasteiger charge is 2.22. The number of fused-ring (bicyclic) bond motifs is 2. The van der Waals surface area contributed by atoms with Crippen molar-refractivity contribution in [1.29, 1.82) is 0 Å². The van der Waals surface area contributed by atoms with E-state index in [-0.39, 0.29) is 19.0 Å². The van der Waals surface area contributed by atoms with E-state index in [1.165, 1.54) is 0 Å². The first kappa shape index (κ1) is 19.5. The number of urea groups is 1. The molecule has 0 aliphatic carbocycles. The van der Waals surface area contributed by atoms with E-state index >= 15 is 0 Å². The molecule has 0 atom stereocenters. The molecule has 154 valence electrons. The van der Waals surface area contributed by atoms with Gasteiger partial charge in [0.05, 0.1) is 29.1 Å². The number of aryl methyl sites for hydroxylation is 1. The molecule has 1 aromatic heterocycles. The molecule has 0 unspecified atom stereocenters. The number of hydrogen-bond donors (Lipinski definition) is 2. The van der Waals surface area contributed by atoms with Gasteiger partial charge in [0, 0.05) is 17.0 Å². The molecule has 3 aromatic rings. The van der Waals surface area contributed by atoms with Gasteiger partial charge in [-0.2, -0.15) is 0 Å². The molecule has 0 bridgehead atoms. The lowest BCUT2D eigenvalue weighted by Gasteiger charge is -2.15. The van der Waals surface area contributed by atoms with Crippen LogP contribution in [0.25, 0.3) is 22.2 Å². The molecule has 2 aromatic carbocycles. The summed E-state index contributed by atoms with van der Waals surface area (Å²) in [5, 5.41) is 3.32. The summed E-state index contributed by atoms with van der Waals surface area (Å²) in [5.74, 6) is 0.671. The van der Waals surface area contributed by atoms with Crippen molar-refractivity contribution in [3.63, 3.8) is 0 Å². The molecule has 0 radical (unpaired) electrons. The highest BCUT2D eigenvalue weighted by molar-refractivity contribution is 6.03. The Balaban J connectivity index is 1.98. The molecule has 0 fully saturated rings. The third-order valence-corrected chi connectivity index (χ3v) is 4.81. The molecule has 1 aliphatic heterocycles. The Bertz CT molecular complexity index is 1160. The summed E-state index contributed by atoms with van der Waals surface area (Å²) >= 11 is 0. The number of rotatable bonds is 5. The normalized spacial score (nSPS) is 12.1. The topological polar surface area (TPSA) is 113 Å². The number of primary amides is 1. The van der Waals surface area contributed by atoms with Crippen molar-refractivity contribution in [3.8, 4) is 22.8 Å². The van der Waals surface area contributed by atoms with E-state index in [0.29, 0.717) is 39.3 Å². The Morgan fingerprint density at radius 3 is 2.60 bits per heavy atom. The fourth-order valence-corrected chi connectivity index (χ4v) is 3.38. The summed E-state index contributed by atoms with van der Waals surface area (Å²) in [5.41, 5.74) is 8.69. The summed E-state index contributed by atoms with van der Waals surface area (Å²) in [4.78, 5) is 29.1. The zero-order valence-electron chi connectivity index (χ0n) is 16.7. The first-order valence-corrected chi connectivity index (χ1v) is 9.61. The van der Waals surface area contributed by atoms with Gasteiger partial charge in [0.2, 0.25) is 6.79 Å². The molecule has 30 heavy (non-hydrogen) atoms. The van der Waals surface area contributed by atoms with Crippen LogP contribution in [-0.4, -0.2) is 30.4 Å². The predicted molar refractivity (Wildman–Crippen MR) is 112 cm³/mol. The number of hydrogen-bond acceptors (Lipinski definition) is 6. The van der Waals surface area contributed by atoms with Gasteiger partial charge in [-0.05, 0) is 43.2 Å². The van der Waals surface area contributed by atoms with Crippen LogP contribution in [0.15, 0.2) is 36.4 Å². The van der Waals surface area contributed by atoms with Crippen LogP contribution in [0, 0.1) is 0 Å². The Kier molecular flexibility index (Phi) is 5.14. The largest absolute Gasteiger partial charge is 0.462 e. The molecule has 8 heteroatoms. The van der Waals surface area contributed by atoms with Crippen molar-refractivity contribution in [1.82, 2.24) is 4.98 Å². The average Bonchev–Trinajstić information content (AvgIpc) is 3.18. The Morgan fingerprint density at radius 2 is 1.90 bits per heavy atom. The van der Waals surface area contributed by atoms with Gasteiger partial charge in [-0.1, -0.05) is 13.0 Å². The lowest BCUT2D eigenvalue weighted by Crippen LogP contribution is -2.20. The van der Waals surface area contributed by atoms with Crippen molar-refractivity contribution in [2.45, 2.75) is 20.3 Å². The maximum absolute atomic E-state index is 12.8. The van der Waals surface area contributed by atoms with Gasteiger partial charge in [0.25, 0.3) is 0 Å². The average molecular weight is 407 g/mol. The van der Waals surface area contributed by atoms with E-state index in [4.69, 9.17) is 24.9 Å². The second-order valence-corrected chi connectivity index (χ2v) is 6.73. The second-order valence-electron chi connectivity index (χ2n) is 6.73. The number of pyridine rings is 1. The van der Waals surface area contributed by atoms with Gasteiger partial charge in [0.1, 0.15) is 0 Å². The van der Waals surface area contributed by atoms with Gasteiger partial charge in [0.15, 0.2) is 11.5 Å². The molecule has 0 saturated carbocycles. The number of amides is 2. The number of aromatic nitrogens is 1. The van der Waals surface area contributed by atoms with Crippen LogP contribution in [0.5, 0.6) is 11.5 Å². The van der Waals surface area contributed by atoms with Gasteiger partial charge in [-0.15, -0.1) is 0 Å². The zero-order valence-corrected chi connectivity index (χ0v) is 16.7. The highest BCUT2D eigenvalue weighted by Crippen LogP contribution is 2.38. The van der Waals surface area contributed by atoms with Crippen LogP contribution in [0.2, 0.25) is 0 Å². The zero-order chi connectivity index (χ0) is 21.3. The molecule has 2 amide bonds. The Morgan fingerprint density at radius 1 is 1.13 bits per heavy atom. The van der Waals surface area contributed by atoms with Crippen LogP contribution in [0.4, 0.5) is 10.5 Å². The SMILES string of the molecule is CCOC(=O)c1cc2cc3c(cc2nc1-c1cc(CC)ccc1NC(N)=O)OCO3. The van der Waals surface area contributed by atoms with Crippen molar-refractivity contribution < 1.29 is 23.8 Å². The van der Waals surface area contributed by atoms with E-state index in [1.54, 1.807) is 31.2 Å². The van der Waals surface area contributed by atoms with Crippen LogP contribution in [0.3, 0.4) is 0 Å². The standard InChI is InChI=1S/C22H21N3O5/c1-3-12-5-6-16(25-22(23)27)14(7-12)20-15(21(26)28-4-2)8-13-9-18-19(30-11-29-18)10-17(13)24-20/h5-10H,3-4,11H2,1-2H3,(H3,23,25,27). The van der Waals surface area contributed by atoms with Gasteiger partial charge in [-0.3, -0.25) is 0 Å². The summed E-state index contributed by atoms with van der Waals surface area (Å²) in [6, 6.07) is 10.1. The second kappa shape index (κ2) is 7.90. The molecule has 0 saturated heterocycles. The van der Waals surface area contributed by atoms with Crippen LogP contribution < -0.4 is 20.5 Å². The summed E-state index contributed by atoms with van der Waals surface area (Å²) in [6.07, 6.45) is 0.769. The number of carbonyl (C=O) groups excluding carboxylic acids is 2. The van der Waals surface area contributed by atoms with Crippen LogP contribution >= 0.6 is 0 Å². The molecule has 3 N–H and O–H groups in total. The summed E-state index contributed by atoms with van der Waals surface area (Å²) < 4.78 is 16.2. The number of ether oxygens (including phenoxy) is 3. The van der Waals surface area contributed by atoms with E-state index < -0.39 is 12.0 Å². The number of nitrogens with two attached hydrogens (primary N) is 1. The molecule has 2 heterocycles. The minimum Gasteiger partial charge on any atom is -0.462 e. The summed E-state index contributed by atoms with van der Waals surface area (Å²) in [6.45, 7) is 4.11. The fourth-order valence-electron chi connectivity index (χ4n) is 3.38. The van der Waals surface area contributed by atoms with E-state index in [1.807, 2.05) is 19.1 Å². The lowest BCUT2D eigenvalue weighted by molar-refractivity contribution is 0.0527. The van der Waals surface area contributed by atoms with Crippen molar-refractivity contribution in [2.24, 2.45) is 5.73 Å². The quantitative estimate of drug-likeness (QED) is 0.621. The molecule has 4 rings (SSSR count). The maximum atomic E-state index is 12.8. The highest BCUT2D eigenvalue weighted by atomic mass is 16.7. The molecule has 8 nitrogen and oxygen atoms in total. The van der Waals surface area contributed by atoms with Gasteiger partial charge < -0.3 is 25.3 Å². The minimum absolute atomic E-state index is 0.133. The first-order chi connectivity index (χ1) is 14.5. The number of nitrogens with one attached hydrogen (secondary N) is 1. The first-order valence-electron chi connectivity index (χ1n) is 9.61. The van der Waals surface area contributed by atoms with Crippen molar-refractivity contribution in [3.05, 3.63) is 47.5 Å². The third kappa shape index (κ3) is 3.59. The van der Waals surface area contributed by atoms with Gasteiger partial charge in [-0.25, -0.2) is 14.6 Å². The molecular weight excluding hydrogens is 386 g/mol. The number of anilines is 1. The Labute approximate surface area is 172 Å². The van der Waals surface area contributed by atoms with Crippen LogP contribution in [-0.2, 0) is 11.2 Å². The number of carbonyl (C=O) groups is 2. The predicted octanol–water partition coefficient (Wildman–Crippen LogP) is 3.86. The van der Waals surface area contributed by atoms with Crippen molar-refractivity contribution >= 4 is 28.6 Å². The van der Waals surface area contributed by atoms with E-state index in [9.17, 15) is 9.59 Å². The smallest absolute Gasteiger partial charge is 0.340 e. The summed E-state index contributed by atoms with van der Waals surface area (Å²) in [7, 11) is 0. The van der Waals surface area contributed by atoms with Crippen LogP contribution in [0.1, 0.15) is 29.8 Å².